The van der Waals surface area contributed by atoms with E-state index in [1.807, 2.05) is 0 Å². The zero-order valence-corrected chi connectivity index (χ0v) is 9.74. The highest BCUT2D eigenvalue weighted by Crippen LogP contribution is 2.33. The van der Waals surface area contributed by atoms with Crippen molar-refractivity contribution in [2.24, 2.45) is 5.73 Å². The predicted octanol–water partition coefficient (Wildman–Crippen LogP) is -1.40. The Hall–Kier alpha value is -2.10. The van der Waals surface area contributed by atoms with Gasteiger partial charge in [-0.25, -0.2) is 0 Å². The maximum Gasteiger partial charge on any atom is 0.493 e. The highest BCUT2D eigenvalue weighted by Gasteiger charge is 2.30. The molecule has 98 valence electrons. The van der Waals surface area contributed by atoms with E-state index in [2.05, 4.69) is 10.1 Å². The molecule has 0 unspecified atom stereocenters. The van der Waals surface area contributed by atoms with Crippen LogP contribution in [-0.4, -0.2) is 34.1 Å². The van der Waals surface area contributed by atoms with Gasteiger partial charge < -0.3 is 29.8 Å². The lowest BCUT2D eigenvalue weighted by Crippen LogP contribution is -2.32. The Morgan fingerprint density at radius 3 is 2.84 bits per heavy atom. The highest BCUT2D eigenvalue weighted by atomic mass is 16.7. The zero-order chi connectivity index (χ0) is 13.4. The Bertz CT molecular complexity index is 615. The van der Waals surface area contributed by atoms with Crippen LogP contribution in [0, 0.1) is 0 Å². The van der Waals surface area contributed by atoms with Crippen molar-refractivity contribution in [3.63, 3.8) is 0 Å². The maximum absolute atomic E-state index is 9.50. The molecule has 9 heteroatoms. The minimum absolute atomic E-state index is 0.0266. The van der Waals surface area contributed by atoms with Crippen molar-refractivity contribution in [1.82, 2.24) is 10.1 Å². The molecule has 1 aliphatic rings. The van der Waals surface area contributed by atoms with Gasteiger partial charge in [0.25, 0.3) is 0 Å². The Morgan fingerprint density at radius 2 is 2.16 bits per heavy atom. The van der Waals surface area contributed by atoms with Crippen LogP contribution in [0.1, 0.15) is 5.89 Å². The van der Waals surface area contributed by atoms with Gasteiger partial charge in [-0.1, -0.05) is 5.16 Å². The molecule has 4 N–H and O–H groups in total. The van der Waals surface area contributed by atoms with Crippen LogP contribution in [0.15, 0.2) is 16.7 Å². The van der Waals surface area contributed by atoms with E-state index < -0.39 is 7.12 Å². The summed E-state index contributed by atoms with van der Waals surface area (Å²) in [6.07, 6.45) is 0. The van der Waals surface area contributed by atoms with E-state index in [-0.39, 0.29) is 36.3 Å². The first-order valence-electron chi connectivity index (χ1n) is 5.52. The van der Waals surface area contributed by atoms with Crippen LogP contribution >= 0.6 is 0 Å². The lowest BCUT2D eigenvalue weighted by Gasteiger charge is -2.08. The van der Waals surface area contributed by atoms with Crippen molar-refractivity contribution in [2.45, 2.75) is 6.54 Å². The topological polar surface area (TPSA) is 124 Å². The summed E-state index contributed by atoms with van der Waals surface area (Å²) in [7, 11) is -1.74. The molecule has 0 spiro atoms. The number of fused-ring (bicyclic) bond motifs is 1. The summed E-state index contributed by atoms with van der Waals surface area (Å²) in [6.45, 7) is 0.132. The molecule has 2 aromatic rings. The number of rotatable bonds is 3. The van der Waals surface area contributed by atoms with Crippen molar-refractivity contribution < 1.29 is 24.0 Å². The fourth-order valence-corrected chi connectivity index (χ4v) is 1.89. The molecule has 1 aromatic heterocycles. The molecular formula is C10H10BN3O5. The SMILES string of the molecule is NCc1nc(-c2ccc3c(c2B(O)O)OCO3)no1. The number of benzene rings is 1. The fraction of sp³-hybridized carbons (Fsp3) is 0.200. The second kappa shape index (κ2) is 4.54. The molecule has 3 rings (SSSR count). The molecule has 1 aliphatic heterocycles. The van der Waals surface area contributed by atoms with Crippen LogP contribution in [0.2, 0.25) is 0 Å². The number of hydrogen-bond acceptors (Lipinski definition) is 8. The van der Waals surface area contributed by atoms with Crippen LogP contribution in [0.4, 0.5) is 0 Å². The molecule has 0 fully saturated rings. The van der Waals surface area contributed by atoms with Gasteiger partial charge in [0.2, 0.25) is 18.5 Å². The van der Waals surface area contributed by atoms with Crippen LogP contribution in [0.25, 0.3) is 11.4 Å². The number of ether oxygens (including phenoxy) is 2. The van der Waals surface area contributed by atoms with Crippen LogP contribution < -0.4 is 20.7 Å². The smallest absolute Gasteiger partial charge is 0.454 e. The first-order valence-corrected chi connectivity index (χ1v) is 5.52. The predicted molar refractivity (Wildman–Crippen MR) is 63.6 cm³/mol. The molecule has 0 saturated carbocycles. The minimum Gasteiger partial charge on any atom is -0.454 e. The van der Waals surface area contributed by atoms with Crippen molar-refractivity contribution in [2.75, 3.05) is 6.79 Å². The molecule has 1 aromatic carbocycles. The average Bonchev–Trinajstić information content (AvgIpc) is 3.05. The molecule has 0 bridgehead atoms. The van der Waals surface area contributed by atoms with E-state index in [1.165, 1.54) is 0 Å². The van der Waals surface area contributed by atoms with Gasteiger partial charge in [-0.05, 0) is 12.1 Å². The van der Waals surface area contributed by atoms with E-state index in [0.29, 0.717) is 11.3 Å². The molecule has 8 nitrogen and oxygen atoms in total. The van der Waals surface area contributed by atoms with E-state index in [1.54, 1.807) is 12.1 Å². The molecule has 0 amide bonds. The summed E-state index contributed by atoms with van der Waals surface area (Å²) in [4.78, 5) is 4.05. The highest BCUT2D eigenvalue weighted by molar-refractivity contribution is 6.61. The molecule has 0 atom stereocenters. The summed E-state index contributed by atoms with van der Waals surface area (Å²) < 4.78 is 15.3. The number of nitrogens with zero attached hydrogens (tertiary/aromatic N) is 2. The second-order valence-corrected chi connectivity index (χ2v) is 3.85. The monoisotopic (exact) mass is 263 g/mol. The van der Waals surface area contributed by atoms with Gasteiger partial charge in [0.05, 0.1) is 6.54 Å². The molecule has 0 radical (unpaired) electrons. The van der Waals surface area contributed by atoms with Crippen molar-refractivity contribution >= 4 is 12.6 Å². The van der Waals surface area contributed by atoms with Crippen LogP contribution in [0.5, 0.6) is 11.5 Å². The first kappa shape index (κ1) is 12.0. The molecule has 19 heavy (non-hydrogen) atoms. The average molecular weight is 263 g/mol. The second-order valence-electron chi connectivity index (χ2n) is 3.85. The summed E-state index contributed by atoms with van der Waals surface area (Å²) in [5.74, 6) is 1.17. The summed E-state index contributed by atoms with van der Waals surface area (Å²) in [5, 5.41) is 22.7. The normalized spacial score (nSPS) is 12.8. The number of hydrogen-bond donors (Lipinski definition) is 3. The van der Waals surface area contributed by atoms with Gasteiger partial charge in [-0.2, -0.15) is 4.98 Å². The Balaban J connectivity index is 2.15. The van der Waals surface area contributed by atoms with Crippen molar-refractivity contribution in [1.29, 1.82) is 0 Å². The van der Waals surface area contributed by atoms with Gasteiger partial charge in [0, 0.05) is 11.0 Å². The van der Waals surface area contributed by atoms with Gasteiger partial charge in [0.15, 0.2) is 11.5 Å². The Kier molecular flexibility index (Phi) is 2.86. The standard InChI is InChI=1S/C10H10BN3O5/c12-3-7-13-10(14-19-7)5-1-2-6-9(18-4-17-6)8(5)11(15)16/h1-2,15-16H,3-4,12H2. The van der Waals surface area contributed by atoms with Crippen LogP contribution in [-0.2, 0) is 6.54 Å². The van der Waals surface area contributed by atoms with Crippen LogP contribution in [0.3, 0.4) is 0 Å². The molecule has 0 aliphatic carbocycles. The first-order chi connectivity index (χ1) is 9.20. The lowest BCUT2D eigenvalue weighted by molar-refractivity contribution is 0.174. The Morgan fingerprint density at radius 1 is 1.32 bits per heavy atom. The summed E-state index contributed by atoms with van der Waals surface area (Å²) in [6, 6.07) is 3.25. The number of nitrogens with two attached hydrogens (primary N) is 1. The zero-order valence-electron chi connectivity index (χ0n) is 9.74. The quantitative estimate of drug-likeness (QED) is 0.578. The summed E-state index contributed by atoms with van der Waals surface area (Å²) in [5.41, 5.74) is 5.92. The summed E-state index contributed by atoms with van der Waals surface area (Å²) >= 11 is 0. The van der Waals surface area contributed by atoms with E-state index >= 15 is 0 Å². The van der Waals surface area contributed by atoms with E-state index in [9.17, 15) is 10.0 Å². The largest absolute Gasteiger partial charge is 0.493 e. The maximum atomic E-state index is 9.50. The lowest BCUT2D eigenvalue weighted by atomic mass is 9.75. The third-order valence-electron chi connectivity index (χ3n) is 2.72. The molecule has 2 heterocycles. The van der Waals surface area contributed by atoms with Gasteiger partial charge in [-0.15, -0.1) is 0 Å². The van der Waals surface area contributed by atoms with Gasteiger partial charge >= 0.3 is 7.12 Å². The fourth-order valence-electron chi connectivity index (χ4n) is 1.89. The van der Waals surface area contributed by atoms with E-state index in [0.717, 1.165) is 0 Å². The third kappa shape index (κ3) is 1.93. The van der Waals surface area contributed by atoms with Gasteiger partial charge in [-0.3, -0.25) is 0 Å². The minimum atomic E-state index is -1.74. The number of aromatic nitrogens is 2. The van der Waals surface area contributed by atoms with E-state index in [4.69, 9.17) is 19.7 Å². The van der Waals surface area contributed by atoms with Gasteiger partial charge in [0.1, 0.15) is 0 Å². The molecular weight excluding hydrogens is 253 g/mol. The third-order valence-corrected chi connectivity index (χ3v) is 2.72. The van der Waals surface area contributed by atoms with Crippen molar-refractivity contribution in [3.05, 3.63) is 18.0 Å². The molecule has 0 saturated heterocycles. The Labute approximate surface area is 107 Å². The van der Waals surface area contributed by atoms with Crippen molar-refractivity contribution in [3.8, 4) is 22.9 Å².